The van der Waals surface area contributed by atoms with Gasteiger partial charge >= 0.3 is 5.97 Å². The molecule has 0 radical (unpaired) electrons. The van der Waals surface area contributed by atoms with Crippen LogP contribution in [0.5, 0.6) is 0 Å². The number of aliphatic hydroxyl groups is 3. The highest BCUT2D eigenvalue weighted by atomic mass is 16.7. The molecule has 1 aliphatic heterocycles. The summed E-state index contributed by atoms with van der Waals surface area (Å²) in [6.07, 6.45) is -6.33. The van der Waals surface area contributed by atoms with Gasteiger partial charge < -0.3 is 29.5 Å². The Hall–Kier alpha value is -0.730. The van der Waals surface area contributed by atoms with Crippen molar-refractivity contribution in [1.82, 2.24) is 0 Å². The van der Waals surface area contributed by atoms with Crippen molar-refractivity contribution in [1.29, 1.82) is 0 Å². The Morgan fingerprint density at radius 2 is 1.94 bits per heavy atom. The van der Waals surface area contributed by atoms with Crippen LogP contribution in [0.1, 0.15) is 6.92 Å². The second-order valence-electron chi connectivity index (χ2n) is 3.58. The van der Waals surface area contributed by atoms with E-state index in [1.807, 2.05) is 0 Å². The lowest BCUT2D eigenvalue weighted by Crippen LogP contribution is -2.59. The minimum atomic E-state index is -1.48. The number of carbonyl (C=O) groups excluding carboxylic acids is 1. The number of ether oxygens (including phenoxy) is 3. The molecular weight excluding hydrogens is 220 g/mol. The number of aliphatic hydroxyl groups excluding tert-OH is 3. The van der Waals surface area contributed by atoms with Crippen LogP contribution in [0.2, 0.25) is 0 Å². The molecule has 0 amide bonds. The fraction of sp³-hybridized carbons (Fsp3) is 0.889. The summed E-state index contributed by atoms with van der Waals surface area (Å²) in [7, 11) is 1.40. The van der Waals surface area contributed by atoms with Gasteiger partial charge in [0.15, 0.2) is 12.4 Å². The van der Waals surface area contributed by atoms with Gasteiger partial charge in [-0.3, -0.25) is 4.79 Å². The second kappa shape index (κ2) is 5.55. The van der Waals surface area contributed by atoms with E-state index in [1.165, 1.54) is 7.11 Å². The lowest BCUT2D eigenvalue weighted by Gasteiger charge is -2.39. The Labute approximate surface area is 92.5 Å². The Bertz CT molecular complexity index is 244. The van der Waals surface area contributed by atoms with Crippen LogP contribution >= 0.6 is 0 Å². The zero-order chi connectivity index (χ0) is 12.3. The van der Waals surface area contributed by atoms with Crippen LogP contribution < -0.4 is 0 Å². The molecule has 7 nitrogen and oxygen atoms in total. The topological polar surface area (TPSA) is 105 Å². The van der Waals surface area contributed by atoms with Crippen LogP contribution in [-0.4, -0.2) is 65.7 Å². The van der Waals surface area contributed by atoms with Gasteiger partial charge in [-0.1, -0.05) is 0 Å². The molecule has 1 rings (SSSR count). The maximum atomic E-state index is 10.7. The fourth-order valence-corrected chi connectivity index (χ4v) is 1.54. The molecule has 0 saturated carbocycles. The maximum Gasteiger partial charge on any atom is 0.303 e. The molecule has 5 unspecified atom stereocenters. The van der Waals surface area contributed by atoms with Gasteiger partial charge in [0, 0.05) is 14.0 Å². The van der Waals surface area contributed by atoms with E-state index in [2.05, 4.69) is 4.74 Å². The summed E-state index contributed by atoms with van der Waals surface area (Å²) in [5.74, 6) is -0.677. The standard InChI is InChI=1S/C9H16O7/c1-4(10)15-8-7(12)6(11)5(3-14-2)16-9(8)13/h5-9,11-13H,3H2,1-2H3. The molecule has 0 aromatic carbocycles. The highest BCUT2D eigenvalue weighted by Gasteiger charge is 2.45. The number of rotatable bonds is 3. The fourth-order valence-electron chi connectivity index (χ4n) is 1.54. The number of methoxy groups -OCH3 is 1. The van der Waals surface area contributed by atoms with Crippen LogP contribution in [0.15, 0.2) is 0 Å². The Kier molecular flexibility index (Phi) is 4.63. The molecule has 0 bridgehead atoms. The molecule has 94 valence electrons. The zero-order valence-corrected chi connectivity index (χ0v) is 9.07. The Morgan fingerprint density at radius 1 is 1.31 bits per heavy atom. The lowest BCUT2D eigenvalue weighted by molar-refractivity contribution is -0.291. The van der Waals surface area contributed by atoms with Crippen LogP contribution in [0.4, 0.5) is 0 Å². The highest BCUT2D eigenvalue weighted by molar-refractivity contribution is 5.66. The van der Waals surface area contributed by atoms with Crippen molar-refractivity contribution < 1.29 is 34.3 Å². The van der Waals surface area contributed by atoms with Crippen molar-refractivity contribution in [3.63, 3.8) is 0 Å². The maximum absolute atomic E-state index is 10.7. The van der Waals surface area contributed by atoms with E-state index < -0.39 is 36.7 Å². The van der Waals surface area contributed by atoms with Crippen molar-refractivity contribution in [3.8, 4) is 0 Å². The Morgan fingerprint density at radius 3 is 2.44 bits per heavy atom. The molecule has 1 saturated heterocycles. The van der Waals surface area contributed by atoms with E-state index in [-0.39, 0.29) is 6.61 Å². The first kappa shape index (κ1) is 13.3. The van der Waals surface area contributed by atoms with Crippen LogP contribution in [0.25, 0.3) is 0 Å². The van der Waals surface area contributed by atoms with Gasteiger partial charge in [-0.15, -0.1) is 0 Å². The summed E-state index contributed by atoms with van der Waals surface area (Å²) in [5.41, 5.74) is 0. The van der Waals surface area contributed by atoms with Gasteiger partial charge in [-0.2, -0.15) is 0 Å². The zero-order valence-electron chi connectivity index (χ0n) is 9.07. The quantitative estimate of drug-likeness (QED) is 0.487. The van der Waals surface area contributed by atoms with Gasteiger partial charge in [0.05, 0.1) is 6.61 Å². The highest BCUT2D eigenvalue weighted by Crippen LogP contribution is 2.22. The molecule has 0 spiro atoms. The minimum Gasteiger partial charge on any atom is -0.454 e. The predicted octanol–water partition coefficient (Wildman–Crippen LogP) is -2.00. The molecule has 0 aliphatic carbocycles. The molecule has 3 N–H and O–H groups in total. The third kappa shape index (κ3) is 2.89. The SMILES string of the molecule is COCC1OC(O)C(OC(C)=O)C(O)C1O. The summed E-state index contributed by atoms with van der Waals surface area (Å²) < 4.78 is 14.4. The van der Waals surface area contributed by atoms with E-state index in [9.17, 15) is 20.1 Å². The molecule has 5 atom stereocenters. The molecule has 1 aliphatic rings. The molecule has 0 aromatic heterocycles. The van der Waals surface area contributed by atoms with Crippen LogP contribution in [0.3, 0.4) is 0 Å². The number of carbonyl (C=O) groups is 1. The molecule has 7 heteroatoms. The average molecular weight is 236 g/mol. The molecule has 1 fully saturated rings. The minimum absolute atomic E-state index is 0.0160. The summed E-state index contributed by atoms with van der Waals surface area (Å²) in [5, 5.41) is 28.7. The molecular formula is C9H16O7. The summed E-state index contributed by atoms with van der Waals surface area (Å²) in [4.78, 5) is 10.7. The second-order valence-corrected chi connectivity index (χ2v) is 3.58. The van der Waals surface area contributed by atoms with E-state index in [0.29, 0.717) is 0 Å². The summed E-state index contributed by atoms with van der Waals surface area (Å²) in [6, 6.07) is 0. The first-order valence-electron chi connectivity index (χ1n) is 4.83. The molecule has 16 heavy (non-hydrogen) atoms. The first-order valence-corrected chi connectivity index (χ1v) is 4.83. The first-order chi connectivity index (χ1) is 7.47. The van der Waals surface area contributed by atoms with Crippen molar-refractivity contribution >= 4 is 5.97 Å². The van der Waals surface area contributed by atoms with Gasteiger partial charge in [-0.25, -0.2) is 0 Å². The van der Waals surface area contributed by atoms with Crippen molar-refractivity contribution in [2.45, 2.75) is 37.6 Å². The lowest BCUT2D eigenvalue weighted by atomic mass is 9.99. The van der Waals surface area contributed by atoms with Crippen LogP contribution in [0, 0.1) is 0 Å². The van der Waals surface area contributed by atoms with Crippen LogP contribution in [-0.2, 0) is 19.0 Å². The van der Waals surface area contributed by atoms with E-state index in [4.69, 9.17) is 9.47 Å². The van der Waals surface area contributed by atoms with Gasteiger partial charge in [0.1, 0.15) is 18.3 Å². The normalized spacial score (nSPS) is 39.4. The number of hydrogen-bond acceptors (Lipinski definition) is 7. The largest absolute Gasteiger partial charge is 0.454 e. The van der Waals surface area contributed by atoms with Gasteiger partial charge in [0.2, 0.25) is 0 Å². The molecule has 0 aromatic rings. The monoisotopic (exact) mass is 236 g/mol. The average Bonchev–Trinajstić information content (AvgIpc) is 2.21. The smallest absolute Gasteiger partial charge is 0.303 e. The third-order valence-electron chi connectivity index (χ3n) is 2.30. The van der Waals surface area contributed by atoms with E-state index in [1.54, 1.807) is 0 Å². The van der Waals surface area contributed by atoms with Crippen molar-refractivity contribution in [2.24, 2.45) is 0 Å². The summed E-state index contributed by atoms with van der Waals surface area (Å²) in [6.45, 7) is 1.15. The predicted molar refractivity (Wildman–Crippen MR) is 50.3 cm³/mol. The van der Waals surface area contributed by atoms with Gasteiger partial charge in [-0.05, 0) is 0 Å². The summed E-state index contributed by atoms with van der Waals surface area (Å²) >= 11 is 0. The van der Waals surface area contributed by atoms with Gasteiger partial charge in [0.25, 0.3) is 0 Å². The van der Waals surface area contributed by atoms with Crippen molar-refractivity contribution in [3.05, 3.63) is 0 Å². The number of esters is 1. The number of hydrogen-bond donors (Lipinski definition) is 3. The molecule has 1 heterocycles. The van der Waals surface area contributed by atoms with E-state index >= 15 is 0 Å². The Balaban J connectivity index is 2.67. The van der Waals surface area contributed by atoms with Crippen molar-refractivity contribution in [2.75, 3.05) is 13.7 Å². The third-order valence-corrected chi connectivity index (χ3v) is 2.30. The van der Waals surface area contributed by atoms with E-state index in [0.717, 1.165) is 6.92 Å².